The molecule has 0 radical (unpaired) electrons. The molecule has 0 atom stereocenters. The fourth-order valence-corrected chi connectivity index (χ4v) is 1.51. The van der Waals surface area contributed by atoms with Crippen LogP contribution in [0.25, 0.3) is 6.08 Å². The second-order valence-electron chi connectivity index (χ2n) is 3.99. The van der Waals surface area contributed by atoms with Gasteiger partial charge < -0.3 is 10.1 Å². The van der Waals surface area contributed by atoms with E-state index in [0.717, 1.165) is 11.3 Å². The van der Waals surface area contributed by atoms with Crippen LogP contribution in [0.4, 0.5) is 5.69 Å². The van der Waals surface area contributed by atoms with Crippen LogP contribution < -0.4 is 10.6 Å². The number of rotatable bonds is 5. The number of benzene rings is 1. The number of aliphatic imine (C=N–C) groups is 1. The molecule has 1 rings (SSSR count). The molecule has 1 aromatic carbocycles. The molecule has 0 aliphatic rings. The van der Waals surface area contributed by atoms with Gasteiger partial charge in [-0.05, 0) is 24.6 Å². The predicted molar refractivity (Wildman–Crippen MR) is 82.5 cm³/mol. The molecule has 0 saturated carbocycles. The van der Waals surface area contributed by atoms with Gasteiger partial charge in [-0.1, -0.05) is 24.3 Å². The molecule has 0 bridgehead atoms. The third-order valence-corrected chi connectivity index (χ3v) is 2.49. The average molecular weight is 286 g/mol. The van der Waals surface area contributed by atoms with Crippen molar-refractivity contribution in [1.82, 2.24) is 5.32 Å². The summed E-state index contributed by atoms with van der Waals surface area (Å²) in [5, 5.41) is 14.1. The number of carbonyl (C=O) groups is 1. The van der Waals surface area contributed by atoms with E-state index in [0.29, 0.717) is 12.5 Å². The van der Waals surface area contributed by atoms with Crippen LogP contribution in [0.3, 0.4) is 0 Å². The Morgan fingerprint density at radius 3 is 2.71 bits per heavy atom. The summed E-state index contributed by atoms with van der Waals surface area (Å²) in [6.45, 7) is 2.46. The van der Waals surface area contributed by atoms with Crippen LogP contribution in [-0.2, 0) is 9.53 Å². The molecule has 1 aromatic rings. The number of hydrogen-bond donors (Lipinski definition) is 2. The fraction of sp³-hybridized carbons (Fsp3) is 0.267. The Bertz CT molecular complexity index is 556. The highest BCUT2D eigenvalue weighted by atomic mass is 16.5. The number of esters is 1. The summed E-state index contributed by atoms with van der Waals surface area (Å²) >= 11 is 0. The SMILES string of the molecule is CCN=C(NC#N)Nc1ccc(/C=C/CC(=O)OC)cc1. The number of methoxy groups -OCH3 is 1. The van der Waals surface area contributed by atoms with Crippen LogP contribution >= 0.6 is 0 Å². The molecule has 2 N–H and O–H groups in total. The summed E-state index contributed by atoms with van der Waals surface area (Å²) in [6, 6.07) is 7.52. The topological polar surface area (TPSA) is 86.5 Å². The van der Waals surface area contributed by atoms with Crippen molar-refractivity contribution in [2.24, 2.45) is 4.99 Å². The van der Waals surface area contributed by atoms with Crippen LogP contribution in [0.2, 0.25) is 0 Å². The Morgan fingerprint density at radius 1 is 1.43 bits per heavy atom. The van der Waals surface area contributed by atoms with Crippen LogP contribution in [0.5, 0.6) is 0 Å². The van der Waals surface area contributed by atoms with Gasteiger partial charge in [0.1, 0.15) is 0 Å². The van der Waals surface area contributed by atoms with E-state index >= 15 is 0 Å². The molecule has 6 heteroatoms. The molecule has 0 unspecified atom stereocenters. The highest BCUT2D eigenvalue weighted by molar-refractivity contribution is 5.94. The van der Waals surface area contributed by atoms with E-state index < -0.39 is 0 Å². The first-order valence-electron chi connectivity index (χ1n) is 6.49. The van der Waals surface area contributed by atoms with E-state index in [9.17, 15) is 4.79 Å². The van der Waals surface area contributed by atoms with E-state index in [1.165, 1.54) is 7.11 Å². The third-order valence-electron chi connectivity index (χ3n) is 2.49. The Labute approximate surface area is 124 Å². The van der Waals surface area contributed by atoms with E-state index in [2.05, 4.69) is 20.4 Å². The Hall–Kier alpha value is -2.81. The summed E-state index contributed by atoms with van der Waals surface area (Å²) in [7, 11) is 1.36. The lowest BCUT2D eigenvalue weighted by Crippen LogP contribution is -2.26. The number of nitrogens with one attached hydrogen (secondary N) is 2. The minimum absolute atomic E-state index is 0.246. The molecular weight excluding hydrogens is 268 g/mol. The van der Waals surface area contributed by atoms with E-state index in [-0.39, 0.29) is 12.4 Å². The second-order valence-corrected chi connectivity index (χ2v) is 3.99. The zero-order chi connectivity index (χ0) is 15.5. The van der Waals surface area contributed by atoms with E-state index in [4.69, 9.17) is 5.26 Å². The number of hydrogen-bond acceptors (Lipinski definition) is 4. The van der Waals surface area contributed by atoms with Crippen molar-refractivity contribution < 1.29 is 9.53 Å². The lowest BCUT2D eigenvalue weighted by Gasteiger charge is -2.07. The normalized spacial score (nSPS) is 11.0. The first kappa shape index (κ1) is 16.2. The van der Waals surface area contributed by atoms with Crippen molar-refractivity contribution in [1.29, 1.82) is 5.26 Å². The number of nitriles is 1. The van der Waals surface area contributed by atoms with Gasteiger partial charge in [-0.3, -0.25) is 15.1 Å². The zero-order valence-corrected chi connectivity index (χ0v) is 12.1. The highest BCUT2D eigenvalue weighted by Crippen LogP contribution is 2.11. The average Bonchev–Trinajstić information content (AvgIpc) is 2.49. The van der Waals surface area contributed by atoms with Crippen LogP contribution in [0.15, 0.2) is 35.3 Å². The van der Waals surface area contributed by atoms with Gasteiger partial charge in [0.2, 0.25) is 5.96 Å². The predicted octanol–water partition coefficient (Wildman–Crippen LogP) is 2.12. The monoisotopic (exact) mass is 286 g/mol. The van der Waals surface area contributed by atoms with Crippen LogP contribution in [0, 0.1) is 11.5 Å². The summed E-state index contributed by atoms with van der Waals surface area (Å²) in [6.07, 6.45) is 5.66. The van der Waals surface area contributed by atoms with Gasteiger partial charge >= 0.3 is 5.97 Å². The van der Waals surface area contributed by atoms with Crippen molar-refractivity contribution in [3.05, 3.63) is 35.9 Å². The lowest BCUT2D eigenvalue weighted by atomic mass is 10.2. The standard InChI is InChI=1S/C15H18N4O2/c1-3-17-15(18-11-16)19-13-9-7-12(8-10-13)5-4-6-14(20)21-2/h4-5,7-10H,3,6H2,1-2H3,(H2,17,18,19)/b5-4+. The van der Waals surface area contributed by atoms with Crippen molar-refractivity contribution in [3.63, 3.8) is 0 Å². The van der Waals surface area contributed by atoms with Crippen molar-refractivity contribution in [2.45, 2.75) is 13.3 Å². The first-order chi connectivity index (χ1) is 10.2. The second kappa shape index (κ2) is 9.15. The third kappa shape index (κ3) is 6.25. The quantitative estimate of drug-likeness (QED) is 0.285. The summed E-state index contributed by atoms with van der Waals surface area (Å²) in [5.74, 6) is 0.140. The summed E-state index contributed by atoms with van der Waals surface area (Å²) in [5.41, 5.74) is 1.78. The van der Waals surface area contributed by atoms with Crippen molar-refractivity contribution >= 4 is 23.7 Å². The maximum absolute atomic E-state index is 11.0. The number of guanidine groups is 1. The molecule has 0 amide bonds. The molecule has 21 heavy (non-hydrogen) atoms. The number of carbonyl (C=O) groups excluding carboxylic acids is 1. The van der Waals surface area contributed by atoms with Crippen molar-refractivity contribution in [3.8, 4) is 6.19 Å². The largest absolute Gasteiger partial charge is 0.469 e. The van der Waals surface area contributed by atoms with Gasteiger partial charge in [-0.2, -0.15) is 5.26 Å². The van der Waals surface area contributed by atoms with Gasteiger partial charge in [0, 0.05) is 12.2 Å². The van der Waals surface area contributed by atoms with Crippen molar-refractivity contribution in [2.75, 3.05) is 19.0 Å². The van der Waals surface area contributed by atoms with Crippen LogP contribution in [-0.4, -0.2) is 25.6 Å². The van der Waals surface area contributed by atoms with Crippen LogP contribution in [0.1, 0.15) is 18.9 Å². The number of anilines is 1. The Kier molecular flexibility index (Phi) is 7.08. The zero-order valence-electron chi connectivity index (χ0n) is 12.1. The van der Waals surface area contributed by atoms with Gasteiger partial charge in [0.25, 0.3) is 0 Å². The molecule has 6 nitrogen and oxygen atoms in total. The first-order valence-corrected chi connectivity index (χ1v) is 6.49. The minimum Gasteiger partial charge on any atom is -0.469 e. The molecule has 0 aliphatic heterocycles. The van der Waals surface area contributed by atoms with Gasteiger partial charge in [0.15, 0.2) is 6.19 Å². The molecule has 0 saturated heterocycles. The van der Waals surface area contributed by atoms with Gasteiger partial charge in [-0.25, -0.2) is 0 Å². The molecular formula is C15H18N4O2. The maximum atomic E-state index is 11.0. The molecule has 0 fully saturated rings. The minimum atomic E-state index is -0.271. The fourth-order valence-electron chi connectivity index (χ4n) is 1.51. The molecule has 0 aromatic heterocycles. The molecule has 110 valence electrons. The Morgan fingerprint density at radius 2 is 2.14 bits per heavy atom. The highest BCUT2D eigenvalue weighted by Gasteiger charge is 1.98. The molecule has 0 heterocycles. The Balaban J connectivity index is 2.63. The van der Waals surface area contributed by atoms with E-state index in [1.54, 1.807) is 6.08 Å². The number of nitrogens with zero attached hydrogens (tertiary/aromatic N) is 2. The maximum Gasteiger partial charge on any atom is 0.309 e. The van der Waals surface area contributed by atoms with E-state index in [1.807, 2.05) is 43.5 Å². The molecule has 0 spiro atoms. The summed E-state index contributed by atoms with van der Waals surface area (Å²) < 4.78 is 4.55. The van der Waals surface area contributed by atoms with Gasteiger partial charge in [-0.15, -0.1) is 0 Å². The molecule has 0 aliphatic carbocycles. The number of ether oxygens (including phenoxy) is 1. The lowest BCUT2D eigenvalue weighted by molar-refractivity contribution is -0.139. The van der Waals surface area contributed by atoms with Gasteiger partial charge in [0.05, 0.1) is 13.5 Å². The summed E-state index contributed by atoms with van der Waals surface area (Å²) in [4.78, 5) is 15.1. The smallest absolute Gasteiger partial charge is 0.309 e.